The van der Waals surface area contributed by atoms with Crippen molar-refractivity contribution < 1.29 is 4.79 Å². The lowest BCUT2D eigenvalue weighted by Crippen LogP contribution is -2.29. The number of rotatable bonds is 6. The van der Waals surface area contributed by atoms with E-state index in [1.54, 1.807) is 17.0 Å². The molecule has 0 saturated carbocycles. The molecule has 0 atom stereocenters. The molecule has 0 aliphatic rings. The van der Waals surface area contributed by atoms with Gasteiger partial charge in [0.15, 0.2) is 0 Å². The SMILES string of the molecule is CNCc1nccn1CC(=O)NCCC#N. The molecule has 1 amide bonds. The van der Waals surface area contributed by atoms with Gasteiger partial charge in [0.25, 0.3) is 0 Å². The lowest BCUT2D eigenvalue weighted by molar-refractivity contribution is -0.121. The summed E-state index contributed by atoms with van der Waals surface area (Å²) >= 11 is 0. The van der Waals surface area contributed by atoms with Crippen molar-refractivity contribution in [2.24, 2.45) is 0 Å². The van der Waals surface area contributed by atoms with Crippen molar-refractivity contribution >= 4 is 5.91 Å². The molecular formula is C10H15N5O. The van der Waals surface area contributed by atoms with Gasteiger partial charge in [-0.25, -0.2) is 4.98 Å². The Bertz CT molecular complexity index is 379. The first-order chi connectivity index (χ1) is 7.77. The number of carbonyl (C=O) groups is 1. The highest BCUT2D eigenvalue weighted by Gasteiger charge is 2.06. The van der Waals surface area contributed by atoms with Crippen LogP contribution in [0, 0.1) is 11.3 Å². The largest absolute Gasteiger partial charge is 0.354 e. The number of hydrogen-bond donors (Lipinski definition) is 2. The van der Waals surface area contributed by atoms with E-state index in [1.165, 1.54) is 0 Å². The third-order valence-corrected chi connectivity index (χ3v) is 2.01. The van der Waals surface area contributed by atoms with E-state index >= 15 is 0 Å². The second-order valence-electron chi connectivity index (χ2n) is 3.26. The van der Waals surface area contributed by atoms with Crippen LogP contribution in [0.2, 0.25) is 0 Å². The van der Waals surface area contributed by atoms with Crippen LogP contribution in [0.15, 0.2) is 12.4 Å². The Hall–Kier alpha value is -1.87. The molecule has 6 heteroatoms. The highest BCUT2D eigenvalue weighted by atomic mass is 16.1. The van der Waals surface area contributed by atoms with Crippen molar-refractivity contribution in [3.05, 3.63) is 18.2 Å². The third-order valence-electron chi connectivity index (χ3n) is 2.01. The number of amides is 1. The molecule has 0 saturated heterocycles. The van der Waals surface area contributed by atoms with Gasteiger partial charge in [-0.3, -0.25) is 4.79 Å². The van der Waals surface area contributed by atoms with E-state index in [2.05, 4.69) is 15.6 Å². The van der Waals surface area contributed by atoms with Crippen LogP contribution >= 0.6 is 0 Å². The quantitative estimate of drug-likeness (QED) is 0.642. The number of nitrogens with one attached hydrogen (secondary N) is 2. The first-order valence-corrected chi connectivity index (χ1v) is 5.06. The maximum atomic E-state index is 11.5. The Morgan fingerprint density at radius 1 is 1.69 bits per heavy atom. The topological polar surface area (TPSA) is 82.7 Å². The van der Waals surface area contributed by atoms with E-state index in [9.17, 15) is 4.79 Å². The van der Waals surface area contributed by atoms with Crippen LogP contribution in [-0.2, 0) is 17.9 Å². The van der Waals surface area contributed by atoms with Gasteiger partial charge >= 0.3 is 0 Å². The molecule has 1 heterocycles. The molecule has 86 valence electrons. The molecule has 0 bridgehead atoms. The molecule has 0 aromatic carbocycles. The van der Waals surface area contributed by atoms with Crippen LogP contribution in [0.4, 0.5) is 0 Å². The summed E-state index contributed by atoms with van der Waals surface area (Å²) in [5.41, 5.74) is 0. The number of aromatic nitrogens is 2. The average molecular weight is 221 g/mol. The lowest BCUT2D eigenvalue weighted by atomic mass is 10.4. The second kappa shape index (κ2) is 6.58. The summed E-state index contributed by atoms with van der Waals surface area (Å²) in [5, 5.41) is 14.0. The monoisotopic (exact) mass is 221 g/mol. The van der Waals surface area contributed by atoms with E-state index < -0.39 is 0 Å². The van der Waals surface area contributed by atoms with Gasteiger partial charge in [0.2, 0.25) is 5.91 Å². The Morgan fingerprint density at radius 3 is 3.19 bits per heavy atom. The number of imidazole rings is 1. The fraction of sp³-hybridized carbons (Fsp3) is 0.500. The fourth-order valence-corrected chi connectivity index (χ4v) is 1.28. The first kappa shape index (κ1) is 12.2. The zero-order valence-electron chi connectivity index (χ0n) is 9.23. The second-order valence-corrected chi connectivity index (χ2v) is 3.26. The molecule has 0 fully saturated rings. The van der Waals surface area contributed by atoms with Gasteiger partial charge in [-0.1, -0.05) is 0 Å². The van der Waals surface area contributed by atoms with Crippen LogP contribution in [0.5, 0.6) is 0 Å². The zero-order valence-corrected chi connectivity index (χ0v) is 9.23. The Kier molecular flexibility index (Phi) is 5.02. The molecule has 1 rings (SSSR count). The molecule has 16 heavy (non-hydrogen) atoms. The van der Waals surface area contributed by atoms with Gasteiger partial charge < -0.3 is 15.2 Å². The maximum absolute atomic E-state index is 11.5. The number of hydrogen-bond acceptors (Lipinski definition) is 4. The van der Waals surface area contributed by atoms with Crippen LogP contribution < -0.4 is 10.6 Å². The van der Waals surface area contributed by atoms with Crippen molar-refractivity contribution in [2.75, 3.05) is 13.6 Å². The van der Waals surface area contributed by atoms with Gasteiger partial charge in [0.05, 0.1) is 19.0 Å². The summed E-state index contributed by atoms with van der Waals surface area (Å²) in [6.45, 7) is 1.26. The van der Waals surface area contributed by atoms with Crippen LogP contribution in [0.3, 0.4) is 0 Å². The van der Waals surface area contributed by atoms with Crippen molar-refractivity contribution in [3.8, 4) is 6.07 Å². The van der Waals surface area contributed by atoms with Gasteiger partial charge in [-0.2, -0.15) is 5.26 Å². The fourth-order valence-electron chi connectivity index (χ4n) is 1.28. The van der Waals surface area contributed by atoms with Crippen LogP contribution in [0.25, 0.3) is 0 Å². The molecule has 2 N–H and O–H groups in total. The van der Waals surface area contributed by atoms with Crippen LogP contribution in [-0.4, -0.2) is 29.1 Å². The van der Waals surface area contributed by atoms with E-state index in [1.807, 2.05) is 13.1 Å². The van der Waals surface area contributed by atoms with E-state index in [4.69, 9.17) is 5.26 Å². The minimum atomic E-state index is -0.106. The molecule has 0 aliphatic carbocycles. The molecule has 0 unspecified atom stereocenters. The molecule has 1 aromatic rings. The minimum Gasteiger partial charge on any atom is -0.354 e. The molecule has 6 nitrogen and oxygen atoms in total. The molecule has 0 radical (unpaired) electrons. The number of nitrogens with zero attached hydrogens (tertiary/aromatic N) is 3. The minimum absolute atomic E-state index is 0.106. The summed E-state index contributed by atoms with van der Waals surface area (Å²) < 4.78 is 1.78. The lowest BCUT2D eigenvalue weighted by Gasteiger charge is -2.07. The predicted octanol–water partition coefficient (Wildman–Crippen LogP) is -0.368. The van der Waals surface area contributed by atoms with Gasteiger partial charge in [-0.05, 0) is 7.05 Å². The molecule has 0 spiro atoms. The zero-order chi connectivity index (χ0) is 11.8. The highest BCUT2D eigenvalue weighted by Crippen LogP contribution is 1.96. The molecular weight excluding hydrogens is 206 g/mol. The standard InChI is InChI=1S/C10H15N5O/c1-12-7-9-13-5-6-15(9)8-10(16)14-4-2-3-11/h5-6,12H,2,4,7-8H2,1H3,(H,14,16). The van der Waals surface area contributed by atoms with Gasteiger partial charge in [-0.15, -0.1) is 0 Å². The number of nitriles is 1. The first-order valence-electron chi connectivity index (χ1n) is 5.06. The summed E-state index contributed by atoms with van der Waals surface area (Å²) in [6.07, 6.45) is 3.75. The van der Waals surface area contributed by atoms with Gasteiger partial charge in [0, 0.05) is 18.9 Å². The smallest absolute Gasteiger partial charge is 0.240 e. The summed E-state index contributed by atoms with van der Waals surface area (Å²) in [6, 6.07) is 1.97. The van der Waals surface area contributed by atoms with Crippen molar-refractivity contribution in [1.82, 2.24) is 20.2 Å². The van der Waals surface area contributed by atoms with Gasteiger partial charge in [0.1, 0.15) is 12.4 Å². The third kappa shape index (κ3) is 3.71. The summed E-state index contributed by atoms with van der Waals surface area (Å²) in [5.74, 6) is 0.712. The van der Waals surface area contributed by atoms with E-state index in [0.717, 1.165) is 5.82 Å². The van der Waals surface area contributed by atoms with E-state index in [0.29, 0.717) is 19.5 Å². The Labute approximate surface area is 94.3 Å². The summed E-state index contributed by atoms with van der Waals surface area (Å²) in [7, 11) is 1.83. The molecule has 0 aliphatic heterocycles. The predicted molar refractivity (Wildman–Crippen MR) is 58.2 cm³/mol. The molecule has 1 aromatic heterocycles. The Balaban J connectivity index is 2.43. The van der Waals surface area contributed by atoms with E-state index in [-0.39, 0.29) is 12.5 Å². The maximum Gasteiger partial charge on any atom is 0.240 e. The average Bonchev–Trinajstić information content (AvgIpc) is 2.67. The summed E-state index contributed by atoms with van der Waals surface area (Å²) in [4.78, 5) is 15.6. The van der Waals surface area contributed by atoms with Crippen molar-refractivity contribution in [3.63, 3.8) is 0 Å². The Morgan fingerprint density at radius 2 is 2.50 bits per heavy atom. The van der Waals surface area contributed by atoms with Crippen molar-refractivity contribution in [2.45, 2.75) is 19.5 Å². The highest BCUT2D eigenvalue weighted by molar-refractivity contribution is 5.75. The normalized spacial score (nSPS) is 9.75. The van der Waals surface area contributed by atoms with Crippen LogP contribution in [0.1, 0.15) is 12.2 Å². The number of carbonyl (C=O) groups excluding carboxylic acids is 1. The van der Waals surface area contributed by atoms with Crippen molar-refractivity contribution in [1.29, 1.82) is 5.26 Å².